The molecule has 13 heteroatoms. The summed E-state index contributed by atoms with van der Waals surface area (Å²) in [5, 5.41) is 16.3. The fourth-order valence-electron chi connectivity index (χ4n) is 2.92. The number of aliphatic hydroxyl groups excluding tert-OH is 1. The van der Waals surface area contributed by atoms with Crippen LogP contribution in [0.4, 0.5) is 20.6 Å². The summed E-state index contributed by atoms with van der Waals surface area (Å²) in [7, 11) is 0. The summed E-state index contributed by atoms with van der Waals surface area (Å²) in [5.74, 6) is -1.75. The standard InChI is InChI=1S/C17H18Cl2FN5O5/c18-15(19)16(28)21-6-11-7-24(17(29)30-11)10-1-2-13(12(20)5-10)23-3-4-25(22-9-23)14(27)8-26/h1-2,5,9,11,15,26H,3-4,6-8H2,(H,21,28)/t11-/m0/s1. The maximum absolute atomic E-state index is 14.7. The second kappa shape index (κ2) is 9.45. The van der Waals surface area contributed by atoms with Crippen molar-refractivity contribution < 1.29 is 28.6 Å². The maximum Gasteiger partial charge on any atom is 0.414 e. The molecule has 1 fully saturated rings. The van der Waals surface area contributed by atoms with Crippen LogP contribution in [-0.2, 0) is 14.3 Å². The number of carbonyl (C=O) groups is 3. The van der Waals surface area contributed by atoms with Crippen molar-refractivity contribution in [3.63, 3.8) is 0 Å². The minimum absolute atomic E-state index is 0.0187. The third kappa shape index (κ3) is 4.91. The van der Waals surface area contributed by atoms with E-state index in [0.717, 1.165) is 5.01 Å². The molecule has 0 aliphatic carbocycles. The predicted octanol–water partition coefficient (Wildman–Crippen LogP) is 0.655. The van der Waals surface area contributed by atoms with E-state index in [-0.39, 0.29) is 37.6 Å². The molecule has 0 bridgehead atoms. The minimum Gasteiger partial charge on any atom is -0.442 e. The van der Waals surface area contributed by atoms with Crippen LogP contribution in [0.2, 0.25) is 0 Å². The normalized spacial score (nSPS) is 18.8. The highest BCUT2D eigenvalue weighted by Crippen LogP contribution is 2.28. The highest BCUT2D eigenvalue weighted by molar-refractivity contribution is 6.53. The second-order valence-corrected chi connectivity index (χ2v) is 7.49. The van der Waals surface area contributed by atoms with Crippen molar-refractivity contribution in [2.45, 2.75) is 10.9 Å². The van der Waals surface area contributed by atoms with Gasteiger partial charge >= 0.3 is 6.09 Å². The highest BCUT2D eigenvalue weighted by atomic mass is 35.5. The highest BCUT2D eigenvalue weighted by Gasteiger charge is 2.33. The fraction of sp³-hybridized carbons (Fsp3) is 0.412. The molecular formula is C17H18Cl2FN5O5. The first kappa shape index (κ1) is 22.1. The average Bonchev–Trinajstić information content (AvgIpc) is 3.12. The third-order valence-electron chi connectivity index (χ3n) is 4.43. The van der Waals surface area contributed by atoms with Gasteiger partial charge in [0.15, 0.2) is 4.84 Å². The number of hydrazone groups is 1. The number of ether oxygens (including phenoxy) is 1. The van der Waals surface area contributed by atoms with Gasteiger partial charge in [-0.05, 0) is 18.2 Å². The molecule has 2 aliphatic heterocycles. The Labute approximate surface area is 180 Å². The molecule has 10 nitrogen and oxygen atoms in total. The first-order valence-corrected chi connectivity index (χ1v) is 9.73. The van der Waals surface area contributed by atoms with E-state index in [2.05, 4.69) is 10.4 Å². The number of benzene rings is 1. The molecule has 0 radical (unpaired) electrons. The Balaban J connectivity index is 1.65. The Morgan fingerprint density at radius 3 is 2.73 bits per heavy atom. The number of hydrogen-bond acceptors (Lipinski definition) is 7. The van der Waals surface area contributed by atoms with Crippen molar-refractivity contribution in [2.75, 3.05) is 42.6 Å². The largest absolute Gasteiger partial charge is 0.442 e. The van der Waals surface area contributed by atoms with Crippen LogP contribution in [0.25, 0.3) is 0 Å². The molecule has 162 valence electrons. The van der Waals surface area contributed by atoms with Crippen molar-refractivity contribution in [2.24, 2.45) is 5.10 Å². The van der Waals surface area contributed by atoms with Crippen molar-refractivity contribution in [3.05, 3.63) is 24.0 Å². The van der Waals surface area contributed by atoms with Gasteiger partial charge in [-0.3, -0.25) is 14.5 Å². The van der Waals surface area contributed by atoms with E-state index in [1.54, 1.807) is 6.07 Å². The summed E-state index contributed by atoms with van der Waals surface area (Å²) >= 11 is 10.9. The topological polar surface area (TPSA) is 115 Å². The van der Waals surface area contributed by atoms with E-state index >= 15 is 0 Å². The van der Waals surface area contributed by atoms with Crippen LogP contribution in [0.1, 0.15) is 0 Å². The molecule has 0 saturated carbocycles. The number of anilines is 2. The van der Waals surface area contributed by atoms with Crippen LogP contribution in [-0.4, -0.2) is 78.1 Å². The van der Waals surface area contributed by atoms with Gasteiger partial charge in [0.25, 0.3) is 11.8 Å². The summed E-state index contributed by atoms with van der Waals surface area (Å²) in [6.45, 7) is -0.0632. The van der Waals surface area contributed by atoms with Crippen LogP contribution in [0, 0.1) is 5.82 Å². The first-order chi connectivity index (χ1) is 14.3. The van der Waals surface area contributed by atoms with Gasteiger partial charge in [-0.2, -0.15) is 5.10 Å². The molecule has 1 aromatic carbocycles. The first-order valence-electron chi connectivity index (χ1n) is 8.85. The van der Waals surface area contributed by atoms with E-state index in [9.17, 15) is 18.8 Å². The molecule has 0 spiro atoms. The van der Waals surface area contributed by atoms with Crippen LogP contribution < -0.4 is 15.1 Å². The molecule has 2 N–H and O–H groups in total. The monoisotopic (exact) mass is 461 g/mol. The lowest BCUT2D eigenvalue weighted by atomic mass is 10.2. The Morgan fingerprint density at radius 1 is 1.37 bits per heavy atom. The van der Waals surface area contributed by atoms with Crippen LogP contribution in [0.5, 0.6) is 0 Å². The maximum atomic E-state index is 14.7. The third-order valence-corrected chi connectivity index (χ3v) is 4.83. The second-order valence-electron chi connectivity index (χ2n) is 6.40. The zero-order valence-electron chi connectivity index (χ0n) is 15.5. The quantitative estimate of drug-likeness (QED) is 0.601. The van der Waals surface area contributed by atoms with Crippen molar-refractivity contribution in [1.82, 2.24) is 10.3 Å². The van der Waals surface area contributed by atoms with Gasteiger partial charge in [-0.25, -0.2) is 14.2 Å². The Bertz CT molecular complexity index is 871. The summed E-state index contributed by atoms with van der Waals surface area (Å²) < 4.78 is 19.9. The number of rotatable bonds is 6. The smallest absolute Gasteiger partial charge is 0.414 e. The van der Waals surface area contributed by atoms with Crippen molar-refractivity contribution >= 4 is 58.8 Å². The summed E-state index contributed by atoms with van der Waals surface area (Å²) in [6, 6.07) is 4.21. The number of hydrogen-bond donors (Lipinski definition) is 2. The van der Waals surface area contributed by atoms with E-state index in [4.69, 9.17) is 33.0 Å². The van der Waals surface area contributed by atoms with Crippen LogP contribution >= 0.6 is 23.2 Å². The van der Waals surface area contributed by atoms with Crippen LogP contribution in [0.15, 0.2) is 23.3 Å². The Hall–Kier alpha value is -2.63. The van der Waals surface area contributed by atoms with Crippen LogP contribution in [0.3, 0.4) is 0 Å². The lowest BCUT2D eigenvalue weighted by Crippen LogP contribution is -2.42. The Kier molecular flexibility index (Phi) is 6.95. The fourth-order valence-corrected chi connectivity index (χ4v) is 3.08. The number of aliphatic hydroxyl groups is 1. The van der Waals surface area contributed by atoms with E-state index in [1.807, 2.05) is 0 Å². The molecular weight excluding hydrogens is 444 g/mol. The number of alkyl halides is 2. The van der Waals surface area contributed by atoms with Crippen molar-refractivity contribution in [3.8, 4) is 0 Å². The number of carbonyl (C=O) groups excluding carboxylic acids is 3. The van der Waals surface area contributed by atoms with Gasteiger partial charge in [0.05, 0.1) is 31.0 Å². The Morgan fingerprint density at radius 2 is 2.13 bits per heavy atom. The van der Waals surface area contributed by atoms with Gasteiger partial charge in [0.2, 0.25) is 0 Å². The summed E-state index contributed by atoms with van der Waals surface area (Å²) in [4.78, 5) is 36.5. The zero-order valence-corrected chi connectivity index (χ0v) is 17.0. The molecule has 3 rings (SSSR count). The van der Waals surface area contributed by atoms with Gasteiger partial charge in [-0.15, -0.1) is 0 Å². The minimum atomic E-state index is -1.23. The molecule has 0 aromatic heterocycles. The van der Waals surface area contributed by atoms with E-state index < -0.39 is 41.3 Å². The van der Waals surface area contributed by atoms with Gasteiger partial charge < -0.3 is 20.1 Å². The van der Waals surface area contributed by atoms with E-state index in [0.29, 0.717) is 0 Å². The molecule has 1 aromatic rings. The molecule has 2 heterocycles. The van der Waals surface area contributed by atoms with Gasteiger partial charge in [0.1, 0.15) is 24.9 Å². The molecule has 2 aliphatic rings. The number of cyclic esters (lactones) is 1. The van der Waals surface area contributed by atoms with Crippen molar-refractivity contribution in [1.29, 1.82) is 0 Å². The number of amides is 3. The van der Waals surface area contributed by atoms with Gasteiger partial charge in [0, 0.05) is 6.54 Å². The molecule has 30 heavy (non-hydrogen) atoms. The number of nitrogens with one attached hydrogen (secondary N) is 1. The molecule has 1 atom stereocenters. The summed E-state index contributed by atoms with van der Waals surface area (Å²) in [5.41, 5.74) is 0.499. The number of halogens is 3. The average molecular weight is 462 g/mol. The molecule has 1 saturated heterocycles. The number of nitrogens with zero attached hydrogens (tertiary/aromatic N) is 4. The summed E-state index contributed by atoms with van der Waals surface area (Å²) in [6.07, 6.45) is -0.0214. The SMILES string of the molecule is O=C(NC[C@H]1CN(c2ccc(N3C=NN(C(=O)CO)CC3)c(F)c2)C(=O)O1)C(Cl)Cl. The molecule has 3 amide bonds. The van der Waals surface area contributed by atoms with Gasteiger partial charge in [-0.1, -0.05) is 23.2 Å². The lowest BCUT2D eigenvalue weighted by molar-refractivity contribution is -0.134. The predicted molar refractivity (Wildman–Crippen MR) is 107 cm³/mol. The molecule has 0 unspecified atom stereocenters. The lowest BCUT2D eigenvalue weighted by Gasteiger charge is -2.28. The van der Waals surface area contributed by atoms with E-state index in [1.165, 1.54) is 28.3 Å². The zero-order chi connectivity index (χ0) is 21.8.